The predicted octanol–water partition coefficient (Wildman–Crippen LogP) is 4.74. The quantitative estimate of drug-likeness (QED) is 0.592. The molecule has 0 amide bonds. The van der Waals surface area contributed by atoms with Gasteiger partial charge in [0.25, 0.3) is 0 Å². The van der Waals surface area contributed by atoms with E-state index in [0.717, 1.165) is 6.07 Å². The number of nitrogens with two attached hydrogens (primary N) is 1. The van der Waals surface area contributed by atoms with Crippen LogP contribution in [0.2, 0.25) is 5.02 Å². The maximum atomic E-state index is 14.1. The third-order valence-electron chi connectivity index (χ3n) is 3.84. The summed E-state index contributed by atoms with van der Waals surface area (Å²) >= 11 is 9.36. The minimum absolute atomic E-state index is 0.0621. The van der Waals surface area contributed by atoms with Gasteiger partial charge in [0, 0.05) is 21.5 Å². The van der Waals surface area contributed by atoms with Crippen LogP contribution < -0.4 is 10.5 Å². The van der Waals surface area contributed by atoms with Crippen molar-refractivity contribution in [3.8, 4) is 5.75 Å². The second-order valence-electron chi connectivity index (χ2n) is 5.50. The smallest absolute Gasteiger partial charge is 0.387 e. The molecule has 0 saturated carbocycles. The summed E-state index contributed by atoms with van der Waals surface area (Å²) in [6.07, 6.45) is 0.463. The van der Waals surface area contributed by atoms with Gasteiger partial charge in [0.15, 0.2) is 11.6 Å². The molecular weight excluding hydrogens is 435 g/mol. The Morgan fingerprint density at radius 2 is 2.04 bits per heavy atom. The first-order chi connectivity index (χ1) is 12.4. The second-order valence-corrected chi connectivity index (χ2v) is 6.79. The Balaban J connectivity index is 2.16. The maximum absolute atomic E-state index is 14.1. The van der Waals surface area contributed by atoms with Crippen molar-refractivity contribution in [2.24, 2.45) is 5.73 Å². The number of hydrogen-bond donors (Lipinski definition) is 1. The molecule has 9 heteroatoms. The van der Waals surface area contributed by atoms with Gasteiger partial charge in [-0.25, -0.2) is 9.37 Å². The number of imidazole rings is 1. The number of alkyl halides is 2. The SMILES string of the molecule is NCCc1nc2ccc(Cl)cc2n1Cc1c(Br)ccc(F)c1OC(F)F. The van der Waals surface area contributed by atoms with Crippen LogP contribution in [0.4, 0.5) is 13.2 Å². The molecule has 0 bridgehead atoms. The summed E-state index contributed by atoms with van der Waals surface area (Å²) < 4.78 is 46.2. The van der Waals surface area contributed by atoms with Crippen molar-refractivity contribution >= 4 is 38.6 Å². The number of halogens is 5. The van der Waals surface area contributed by atoms with Crippen LogP contribution in [0.15, 0.2) is 34.8 Å². The van der Waals surface area contributed by atoms with Crippen molar-refractivity contribution in [3.05, 3.63) is 57.0 Å². The Labute approximate surface area is 160 Å². The third kappa shape index (κ3) is 3.82. The van der Waals surface area contributed by atoms with Gasteiger partial charge in [-0.1, -0.05) is 27.5 Å². The lowest BCUT2D eigenvalue weighted by Crippen LogP contribution is -2.13. The molecule has 0 unspecified atom stereocenters. The monoisotopic (exact) mass is 447 g/mol. The molecule has 26 heavy (non-hydrogen) atoms. The fraction of sp³-hybridized carbons (Fsp3) is 0.235. The lowest BCUT2D eigenvalue weighted by atomic mass is 10.1. The second kappa shape index (κ2) is 7.85. The number of fused-ring (bicyclic) bond motifs is 1. The molecule has 0 spiro atoms. The van der Waals surface area contributed by atoms with Gasteiger partial charge in [0.1, 0.15) is 5.82 Å². The Hall–Kier alpha value is -1.77. The number of nitrogens with zero attached hydrogens (tertiary/aromatic N) is 2. The fourth-order valence-corrected chi connectivity index (χ4v) is 3.34. The van der Waals surface area contributed by atoms with E-state index in [2.05, 4.69) is 25.7 Å². The summed E-state index contributed by atoms with van der Waals surface area (Å²) in [6.45, 7) is -2.73. The van der Waals surface area contributed by atoms with Crippen LogP contribution in [0.3, 0.4) is 0 Å². The molecule has 0 radical (unpaired) electrons. The van der Waals surface area contributed by atoms with E-state index < -0.39 is 18.2 Å². The number of rotatable bonds is 6. The highest BCUT2D eigenvalue weighted by Gasteiger charge is 2.20. The van der Waals surface area contributed by atoms with Crippen LogP contribution >= 0.6 is 27.5 Å². The number of aromatic nitrogens is 2. The van der Waals surface area contributed by atoms with Crippen molar-refractivity contribution in [2.45, 2.75) is 19.6 Å². The van der Waals surface area contributed by atoms with Crippen molar-refractivity contribution in [1.82, 2.24) is 9.55 Å². The largest absolute Gasteiger partial charge is 0.431 e. The van der Waals surface area contributed by atoms with Gasteiger partial charge in [-0.05, 0) is 36.9 Å². The number of hydrogen-bond acceptors (Lipinski definition) is 3. The minimum Gasteiger partial charge on any atom is -0.431 e. The maximum Gasteiger partial charge on any atom is 0.387 e. The first kappa shape index (κ1) is 19.0. The van der Waals surface area contributed by atoms with Crippen LogP contribution in [-0.4, -0.2) is 22.7 Å². The molecule has 0 aliphatic heterocycles. The summed E-state index contributed by atoms with van der Waals surface area (Å²) in [5.74, 6) is -0.729. The van der Waals surface area contributed by atoms with Gasteiger partial charge in [0.2, 0.25) is 0 Å². The number of benzene rings is 2. The molecule has 0 saturated heterocycles. The molecule has 1 aromatic heterocycles. The molecule has 3 rings (SSSR count). The van der Waals surface area contributed by atoms with Crippen molar-refractivity contribution in [2.75, 3.05) is 6.54 Å². The normalized spacial score (nSPS) is 11.5. The summed E-state index contributed by atoms with van der Waals surface area (Å²) in [7, 11) is 0. The van der Waals surface area contributed by atoms with E-state index in [1.54, 1.807) is 22.8 Å². The molecule has 138 valence electrons. The third-order valence-corrected chi connectivity index (χ3v) is 4.81. The molecular formula is C17H14BrClF3N3O. The lowest BCUT2D eigenvalue weighted by Gasteiger charge is -2.16. The summed E-state index contributed by atoms with van der Waals surface area (Å²) in [6, 6.07) is 7.68. The lowest BCUT2D eigenvalue weighted by molar-refractivity contribution is -0.0529. The van der Waals surface area contributed by atoms with Crippen molar-refractivity contribution in [1.29, 1.82) is 0 Å². The first-order valence-electron chi connectivity index (χ1n) is 7.67. The first-order valence-corrected chi connectivity index (χ1v) is 8.84. The Morgan fingerprint density at radius 1 is 1.27 bits per heavy atom. The van der Waals surface area contributed by atoms with E-state index >= 15 is 0 Å². The fourth-order valence-electron chi connectivity index (χ4n) is 2.74. The van der Waals surface area contributed by atoms with Crippen molar-refractivity contribution < 1.29 is 17.9 Å². The molecule has 3 aromatic rings. The Bertz CT molecular complexity index is 949. The molecule has 1 heterocycles. The van der Waals surface area contributed by atoms with E-state index in [4.69, 9.17) is 17.3 Å². The van der Waals surface area contributed by atoms with Gasteiger partial charge in [-0.15, -0.1) is 0 Å². The van der Waals surface area contributed by atoms with Crippen LogP contribution in [-0.2, 0) is 13.0 Å². The molecule has 0 aliphatic rings. The Morgan fingerprint density at radius 3 is 2.73 bits per heavy atom. The predicted molar refractivity (Wildman–Crippen MR) is 97.3 cm³/mol. The minimum atomic E-state index is -3.14. The highest BCUT2D eigenvalue weighted by atomic mass is 79.9. The Kier molecular flexibility index (Phi) is 5.74. The zero-order valence-corrected chi connectivity index (χ0v) is 15.7. The van der Waals surface area contributed by atoms with Gasteiger partial charge >= 0.3 is 6.61 Å². The molecule has 0 aliphatic carbocycles. The summed E-state index contributed by atoms with van der Waals surface area (Å²) in [5, 5.41) is 0.500. The molecule has 2 N–H and O–H groups in total. The van der Waals surface area contributed by atoms with Gasteiger partial charge in [-0.3, -0.25) is 0 Å². The van der Waals surface area contributed by atoms with Crippen LogP contribution in [0.5, 0.6) is 5.75 Å². The number of ether oxygens (including phenoxy) is 1. The summed E-state index contributed by atoms with van der Waals surface area (Å²) in [4.78, 5) is 4.51. The molecule has 0 atom stereocenters. The van der Waals surface area contributed by atoms with E-state index in [9.17, 15) is 13.2 Å². The van der Waals surface area contributed by atoms with Crippen molar-refractivity contribution in [3.63, 3.8) is 0 Å². The van der Waals surface area contributed by atoms with Gasteiger partial charge in [-0.2, -0.15) is 8.78 Å². The van der Waals surface area contributed by atoms with E-state index in [1.807, 2.05) is 0 Å². The highest BCUT2D eigenvalue weighted by molar-refractivity contribution is 9.10. The average molecular weight is 449 g/mol. The average Bonchev–Trinajstić information content (AvgIpc) is 2.91. The van der Waals surface area contributed by atoms with Gasteiger partial charge < -0.3 is 15.0 Å². The molecule has 0 fully saturated rings. The van der Waals surface area contributed by atoms with Crippen LogP contribution in [0, 0.1) is 5.82 Å². The van der Waals surface area contributed by atoms with Crippen LogP contribution in [0.25, 0.3) is 11.0 Å². The molecule has 2 aromatic carbocycles. The summed E-state index contributed by atoms with van der Waals surface area (Å²) in [5.41, 5.74) is 7.27. The van der Waals surface area contributed by atoms with E-state index in [-0.39, 0.29) is 12.1 Å². The zero-order chi connectivity index (χ0) is 18.8. The molecule has 4 nitrogen and oxygen atoms in total. The van der Waals surface area contributed by atoms with Crippen LogP contribution in [0.1, 0.15) is 11.4 Å². The van der Waals surface area contributed by atoms with E-state index in [1.165, 1.54) is 6.07 Å². The van der Waals surface area contributed by atoms with Gasteiger partial charge in [0.05, 0.1) is 17.6 Å². The topological polar surface area (TPSA) is 53.1 Å². The standard InChI is InChI=1S/C17H14BrClF3N3O/c18-11-2-3-12(20)16(26-17(21)22)10(11)8-25-14-7-9(19)1-4-13(14)24-15(25)5-6-23/h1-4,7,17H,5-6,8,23H2. The van der Waals surface area contributed by atoms with E-state index in [0.29, 0.717) is 39.3 Å². The highest BCUT2D eigenvalue weighted by Crippen LogP contribution is 2.33. The zero-order valence-electron chi connectivity index (χ0n) is 13.4.